The number of primary amides is 1. The summed E-state index contributed by atoms with van der Waals surface area (Å²) in [5.41, 5.74) is 15.9. The van der Waals surface area contributed by atoms with Crippen molar-refractivity contribution in [1.82, 2.24) is 0 Å². The first-order valence-corrected chi connectivity index (χ1v) is 7.34. The highest BCUT2D eigenvalue weighted by atomic mass is 32.2. The van der Waals surface area contributed by atoms with Crippen molar-refractivity contribution in [3.8, 4) is 0 Å². The van der Waals surface area contributed by atoms with E-state index in [1.54, 1.807) is 23.9 Å². The zero-order chi connectivity index (χ0) is 14.7. The molecule has 0 saturated heterocycles. The van der Waals surface area contributed by atoms with Gasteiger partial charge in [0.1, 0.15) is 0 Å². The molecule has 0 saturated carbocycles. The van der Waals surface area contributed by atoms with E-state index in [0.29, 0.717) is 11.3 Å². The van der Waals surface area contributed by atoms with Gasteiger partial charge in [-0.3, -0.25) is 4.79 Å². The molecule has 4 heteroatoms. The van der Waals surface area contributed by atoms with E-state index in [-0.39, 0.29) is 0 Å². The first-order valence-electron chi connectivity index (χ1n) is 6.35. The molecule has 0 heterocycles. The lowest BCUT2D eigenvalue weighted by atomic mass is 10.1. The molecule has 2 aromatic carbocycles. The van der Waals surface area contributed by atoms with Crippen molar-refractivity contribution in [3.05, 3.63) is 58.7 Å². The van der Waals surface area contributed by atoms with E-state index in [4.69, 9.17) is 11.5 Å². The van der Waals surface area contributed by atoms with Gasteiger partial charge in [0.25, 0.3) is 5.91 Å². The fourth-order valence-corrected chi connectivity index (χ4v) is 3.13. The van der Waals surface area contributed by atoms with Crippen LogP contribution in [0.1, 0.15) is 27.0 Å². The summed E-state index contributed by atoms with van der Waals surface area (Å²) < 4.78 is 0. The minimum atomic E-state index is -0.489. The first kappa shape index (κ1) is 14.5. The lowest BCUT2D eigenvalue weighted by Crippen LogP contribution is -2.13. The van der Waals surface area contributed by atoms with Crippen LogP contribution in [0.5, 0.6) is 0 Å². The van der Waals surface area contributed by atoms with Gasteiger partial charge in [0.05, 0.1) is 11.3 Å². The molecule has 0 spiro atoms. The van der Waals surface area contributed by atoms with Crippen LogP contribution in [0.4, 0.5) is 5.69 Å². The standard InChI is InChI=1S/C16H18N2OS/c1-10-6-11(2)8-12(7-10)9-20-14-5-3-4-13(15(14)17)16(18)19/h3-8H,9,17H2,1-2H3,(H2,18,19). The van der Waals surface area contributed by atoms with Crippen LogP contribution in [-0.4, -0.2) is 5.91 Å². The quantitative estimate of drug-likeness (QED) is 0.669. The molecule has 0 aliphatic heterocycles. The first-order chi connectivity index (χ1) is 9.47. The van der Waals surface area contributed by atoms with Crippen molar-refractivity contribution in [2.45, 2.75) is 24.5 Å². The van der Waals surface area contributed by atoms with E-state index in [1.807, 2.05) is 6.07 Å². The third kappa shape index (κ3) is 3.33. The summed E-state index contributed by atoms with van der Waals surface area (Å²) in [4.78, 5) is 12.2. The Morgan fingerprint density at radius 1 is 1.15 bits per heavy atom. The summed E-state index contributed by atoms with van der Waals surface area (Å²) in [5, 5.41) is 0. The molecule has 0 fully saturated rings. The van der Waals surface area contributed by atoms with Crippen molar-refractivity contribution in [3.63, 3.8) is 0 Å². The minimum absolute atomic E-state index is 0.385. The molecular weight excluding hydrogens is 268 g/mol. The number of thioether (sulfide) groups is 1. The van der Waals surface area contributed by atoms with E-state index in [9.17, 15) is 4.79 Å². The molecule has 0 radical (unpaired) electrons. The second-order valence-electron chi connectivity index (χ2n) is 4.87. The van der Waals surface area contributed by atoms with Crippen molar-refractivity contribution in [1.29, 1.82) is 0 Å². The number of benzene rings is 2. The minimum Gasteiger partial charge on any atom is -0.397 e. The number of amides is 1. The number of carbonyl (C=O) groups is 1. The largest absolute Gasteiger partial charge is 0.397 e. The summed E-state index contributed by atoms with van der Waals surface area (Å²) in [5.74, 6) is 0.325. The Labute approximate surface area is 123 Å². The second kappa shape index (κ2) is 6.01. The van der Waals surface area contributed by atoms with Crippen molar-refractivity contribution >= 4 is 23.4 Å². The fraction of sp³-hybridized carbons (Fsp3) is 0.188. The van der Waals surface area contributed by atoms with Crippen LogP contribution in [0, 0.1) is 13.8 Å². The number of para-hydroxylation sites is 1. The number of anilines is 1. The van der Waals surface area contributed by atoms with Gasteiger partial charge in [-0.2, -0.15) is 0 Å². The maximum Gasteiger partial charge on any atom is 0.250 e. The number of nitrogen functional groups attached to an aromatic ring is 1. The summed E-state index contributed by atoms with van der Waals surface area (Å²) in [6.45, 7) is 4.17. The van der Waals surface area contributed by atoms with Gasteiger partial charge < -0.3 is 11.5 Å². The van der Waals surface area contributed by atoms with Crippen LogP contribution in [0.15, 0.2) is 41.3 Å². The molecular formula is C16H18N2OS. The smallest absolute Gasteiger partial charge is 0.250 e. The topological polar surface area (TPSA) is 69.1 Å². The molecule has 0 atom stereocenters. The average Bonchev–Trinajstić information content (AvgIpc) is 2.36. The summed E-state index contributed by atoms with van der Waals surface area (Å²) in [6.07, 6.45) is 0. The third-order valence-corrected chi connectivity index (χ3v) is 4.15. The van der Waals surface area contributed by atoms with E-state index >= 15 is 0 Å². The van der Waals surface area contributed by atoms with Crippen LogP contribution in [-0.2, 0) is 5.75 Å². The molecule has 2 rings (SSSR count). The van der Waals surface area contributed by atoms with E-state index < -0.39 is 5.91 Å². The Morgan fingerprint density at radius 2 is 1.80 bits per heavy atom. The SMILES string of the molecule is Cc1cc(C)cc(CSc2cccc(C(N)=O)c2N)c1. The van der Waals surface area contributed by atoms with Crippen LogP contribution in [0.25, 0.3) is 0 Å². The Morgan fingerprint density at radius 3 is 2.40 bits per heavy atom. The van der Waals surface area contributed by atoms with Gasteiger partial charge in [0.15, 0.2) is 0 Å². The Hall–Kier alpha value is -1.94. The number of nitrogens with two attached hydrogens (primary N) is 2. The van der Waals surface area contributed by atoms with E-state index in [1.165, 1.54) is 16.7 Å². The normalized spacial score (nSPS) is 10.5. The summed E-state index contributed by atoms with van der Waals surface area (Å²) in [6, 6.07) is 11.8. The van der Waals surface area contributed by atoms with Crippen LogP contribution in [0.3, 0.4) is 0 Å². The van der Waals surface area contributed by atoms with Crippen LogP contribution >= 0.6 is 11.8 Å². The molecule has 3 nitrogen and oxygen atoms in total. The highest BCUT2D eigenvalue weighted by Gasteiger charge is 2.10. The molecule has 0 aliphatic carbocycles. The van der Waals surface area contributed by atoms with Gasteiger partial charge >= 0.3 is 0 Å². The van der Waals surface area contributed by atoms with Gasteiger partial charge in [0, 0.05) is 10.6 Å². The molecule has 104 valence electrons. The predicted molar refractivity (Wildman–Crippen MR) is 84.8 cm³/mol. The maximum absolute atomic E-state index is 11.3. The number of rotatable bonds is 4. The molecule has 20 heavy (non-hydrogen) atoms. The van der Waals surface area contributed by atoms with Crippen molar-refractivity contribution < 1.29 is 4.79 Å². The molecule has 4 N–H and O–H groups in total. The zero-order valence-electron chi connectivity index (χ0n) is 11.6. The predicted octanol–water partition coefficient (Wildman–Crippen LogP) is 3.28. The average molecular weight is 286 g/mol. The number of hydrogen-bond donors (Lipinski definition) is 2. The Balaban J connectivity index is 2.19. The lowest BCUT2D eigenvalue weighted by molar-refractivity contribution is 0.100. The van der Waals surface area contributed by atoms with Crippen molar-refractivity contribution in [2.75, 3.05) is 5.73 Å². The zero-order valence-corrected chi connectivity index (χ0v) is 12.5. The van der Waals surface area contributed by atoms with Gasteiger partial charge in [-0.25, -0.2) is 0 Å². The number of hydrogen-bond acceptors (Lipinski definition) is 3. The summed E-state index contributed by atoms with van der Waals surface area (Å²) >= 11 is 1.62. The number of carbonyl (C=O) groups excluding carboxylic acids is 1. The van der Waals surface area contributed by atoms with Crippen molar-refractivity contribution in [2.24, 2.45) is 5.73 Å². The highest BCUT2D eigenvalue weighted by molar-refractivity contribution is 7.98. The molecule has 0 bridgehead atoms. The molecule has 2 aromatic rings. The van der Waals surface area contributed by atoms with Crippen LogP contribution < -0.4 is 11.5 Å². The molecule has 1 amide bonds. The second-order valence-corrected chi connectivity index (χ2v) is 5.88. The lowest BCUT2D eigenvalue weighted by Gasteiger charge is -2.09. The highest BCUT2D eigenvalue weighted by Crippen LogP contribution is 2.30. The summed E-state index contributed by atoms with van der Waals surface area (Å²) in [7, 11) is 0. The van der Waals surface area contributed by atoms with Crippen LogP contribution in [0.2, 0.25) is 0 Å². The molecule has 0 aliphatic rings. The Bertz CT molecular complexity index is 633. The fourth-order valence-electron chi connectivity index (χ4n) is 2.20. The molecule has 0 aromatic heterocycles. The maximum atomic E-state index is 11.3. The van der Waals surface area contributed by atoms with E-state index in [0.717, 1.165) is 10.6 Å². The third-order valence-electron chi connectivity index (χ3n) is 3.01. The monoisotopic (exact) mass is 286 g/mol. The van der Waals surface area contributed by atoms with Gasteiger partial charge in [0.2, 0.25) is 0 Å². The Kier molecular flexibility index (Phi) is 4.35. The molecule has 0 unspecified atom stereocenters. The number of aryl methyl sites for hydroxylation is 2. The van der Waals surface area contributed by atoms with Gasteiger partial charge in [-0.1, -0.05) is 35.4 Å². The van der Waals surface area contributed by atoms with E-state index in [2.05, 4.69) is 32.0 Å². The van der Waals surface area contributed by atoms with Gasteiger partial charge in [-0.15, -0.1) is 11.8 Å². The van der Waals surface area contributed by atoms with Gasteiger partial charge in [-0.05, 0) is 31.5 Å².